The van der Waals surface area contributed by atoms with E-state index in [0.29, 0.717) is 0 Å². The number of halogens is 1. The molecule has 4 nitrogen and oxygen atoms in total. The molecule has 1 saturated heterocycles. The number of carbonyl (C=O) groups is 1. The Balaban J connectivity index is 1.50. The fourth-order valence-electron chi connectivity index (χ4n) is 3.21. The first-order chi connectivity index (χ1) is 12.5. The van der Waals surface area contributed by atoms with Crippen LogP contribution in [0.3, 0.4) is 0 Å². The lowest BCUT2D eigenvalue weighted by Crippen LogP contribution is -2.49. The molecule has 0 aliphatic carbocycles. The van der Waals surface area contributed by atoms with Gasteiger partial charge in [0.2, 0.25) is 0 Å². The van der Waals surface area contributed by atoms with Crippen molar-refractivity contribution in [1.82, 2.24) is 9.80 Å². The zero-order valence-electron chi connectivity index (χ0n) is 15.5. The van der Waals surface area contributed by atoms with E-state index in [1.165, 1.54) is 5.56 Å². The molecule has 0 atom stereocenters. The van der Waals surface area contributed by atoms with Gasteiger partial charge in [-0.15, -0.1) is 0 Å². The molecule has 1 aliphatic heterocycles. The summed E-state index contributed by atoms with van der Waals surface area (Å²) in [5, 5.41) is 0.777. The van der Waals surface area contributed by atoms with E-state index in [0.717, 1.165) is 55.4 Å². The van der Waals surface area contributed by atoms with Crippen molar-refractivity contribution in [3.63, 3.8) is 0 Å². The van der Waals surface area contributed by atoms with Gasteiger partial charge in [0.15, 0.2) is 0 Å². The fourth-order valence-corrected chi connectivity index (χ4v) is 3.34. The summed E-state index contributed by atoms with van der Waals surface area (Å²) in [6.45, 7) is 4.43. The van der Waals surface area contributed by atoms with Crippen LogP contribution in [-0.4, -0.2) is 62.5 Å². The number of nitrogens with zero attached hydrogens (tertiary/aromatic N) is 3. The molecule has 0 unspecified atom stereocenters. The Labute approximate surface area is 161 Å². The Kier molecular flexibility index (Phi) is 6.17. The molecule has 5 heteroatoms. The van der Waals surface area contributed by atoms with Gasteiger partial charge in [-0.2, -0.15) is 0 Å². The Morgan fingerprint density at radius 2 is 1.73 bits per heavy atom. The lowest BCUT2D eigenvalue weighted by molar-refractivity contribution is 0.0638. The minimum Gasteiger partial charge on any atom is -0.378 e. The zero-order chi connectivity index (χ0) is 18.5. The van der Waals surface area contributed by atoms with Crippen LogP contribution >= 0.6 is 11.6 Å². The zero-order valence-corrected chi connectivity index (χ0v) is 16.2. The standard InChI is InChI=1S/C21H26ClN3O/c1-23(2)20-5-3-4-18(16-20)21(26)25-14-12-24(13-15-25)11-10-17-6-8-19(22)9-7-17/h3-9,16H,10-15H2,1-2H3. The minimum atomic E-state index is 0.131. The molecule has 1 heterocycles. The monoisotopic (exact) mass is 371 g/mol. The molecule has 2 aromatic rings. The first-order valence-corrected chi connectivity index (χ1v) is 9.44. The van der Waals surface area contributed by atoms with Gasteiger partial charge in [-0.05, 0) is 42.3 Å². The summed E-state index contributed by atoms with van der Waals surface area (Å²) in [4.78, 5) is 19.2. The fraction of sp³-hybridized carbons (Fsp3) is 0.381. The van der Waals surface area contributed by atoms with Gasteiger partial charge in [-0.1, -0.05) is 29.8 Å². The first-order valence-electron chi connectivity index (χ1n) is 9.06. The third-order valence-corrected chi connectivity index (χ3v) is 5.15. The number of piperazine rings is 1. The van der Waals surface area contributed by atoms with Crippen molar-refractivity contribution in [1.29, 1.82) is 0 Å². The van der Waals surface area contributed by atoms with Crippen molar-refractivity contribution in [3.8, 4) is 0 Å². The molecular formula is C21H26ClN3O. The molecule has 1 fully saturated rings. The van der Waals surface area contributed by atoms with Gasteiger partial charge in [-0.3, -0.25) is 9.69 Å². The normalized spacial score (nSPS) is 15.1. The molecule has 0 radical (unpaired) electrons. The second-order valence-electron chi connectivity index (χ2n) is 6.96. The number of amides is 1. The van der Waals surface area contributed by atoms with Crippen LogP contribution in [0.25, 0.3) is 0 Å². The Morgan fingerprint density at radius 3 is 2.38 bits per heavy atom. The summed E-state index contributed by atoms with van der Waals surface area (Å²) < 4.78 is 0. The quantitative estimate of drug-likeness (QED) is 0.805. The molecule has 1 aliphatic rings. The van der Waals surface area contributed by atoms with Crippen molar-refractivity contribution in [3.05, 3.63) is 64.7 Å². The molecule has 0 saturated carbocycles. The predicted octanol–water partition coefficient (Wildman–Crippen LogP) is 3.41. The van der Waals surface area contributed by atoms with E-state index in [1.807, 2.05) is 60.3 Å². The molecule has 26 heavy (non-hydrogen) atoms. The summed E-state index contributed by atoms with van der Waals surface area (Å²) in [5.41, 5.74) is 3.12. The van der Waals surface area contributed by atoms with Gasteiger partial charge in [0, 0.05) is 63.1 Å². The average Bonchev–Trinajstić information content (AvgIpc) is 2.67. The maximum Gasteiger partial charge on any atom is 0.254 e. The highest BCUT2D eigenvalue weighted by Crippen LogP contribution is 2.16. The van der Waals surface area contributed by atoms with E-state index >= 15 is 0 Å². The van der Waals surface area contributed by atoms with Crippen molar-refractivity contribution in [2.75, 3.05) is 51.7 Å². The average molecular weight is 372 g/mol. The summed E-state index contributed by atoms with van der Waals surface area (Å²) in [6, 6.07) is 15.9. The summed E-state index contributed by atoms with van der Waals surface area (Å²) in [5.74, 6) is 0.131. The van der Waals surface area contributed by atoms with Gasteiger partial charge in [-0.25, -0.2) is 0 Å². The van der Waals surface area contributed by atoms with Crippen molar-refractivity contribution in [2.24, 2.45) is 0 Å². The maximum absolute atomic E-state index is 12.8. The van der Waals surface area contributed by atoms with Crippen LogP contribution in [0.5, 0.6) is 0 Å². The van der Waals surface area contributed by atoms with E-state index in [1.54, 1.807) is 0 Å². The van der Waals surface area contributed by atoms with E-state index in [-0.39, 0.29) is 5.91 Å². The Bertz CT molecular complexity index is 737. The third kappa shape index (κ3) is 4.77. The molecule has 0 N–H and O–H groups in total. The van der Waals surface area contributed by atoms with Crippen LogP contribution in [0.4, 0.5) is 5.69 Å². The smallest absolute Gasteiger partial charge is 0.254 e. The molecule has 138 valence electrons. The van der Waals surface area contributed by atoms with E-state index < -0.39 is 0 Å². The van der Waals surface area contributed by atoms with Crippen LogP contribution in [0.2, 0.25) is 5.02 Å². The van der Waals surface area contributed by atoms with Gasteiger partial charge in [0.1, 0.15) is 0 Å². The Morgan fingerprint density at radius 1 is 1.04 bits per heavy atom. The summed E-state index contributed by atoms with van der Waals surface area (Å²) >= 11 is 5.93. The van der Waals surface area contributed by atoms with Crippen molar-refractivity contribution < 1.29 is 4.79 Å². The number of rotatable bonds is 5. The van der Waals surface area contributed by atoms with Gasteiger partial charge in [0.05, 0.1) is 0 Å². The molecular weight excluding hydrogens is 346 g/mol. The molecule has 2 aromatic carbocycles. The lowest BCUT2D eigenvalue weighted by atomic mass is 10.1. The van der Waals surface area contributed by atoms with Gasteiger partial charge < -0.3 is 9.80 Å². The molecule has 3 rings (SSSR count). The maximum atomic E-state index is 12.8. The number of anilines is 1. The molecule has 1 amide bonds. The van der Waals surface area contributed by atoms with E-state index in [2.05, 4.69) is 17.0 Å². The predicted molar refractivity (Wildman–Crippen MR) is 108 cm³/mol. The minimum absolute atomic E-state index is 0.131. The largest absolute Gasteiger partial charge is 0.378 e. The van der Waals surface area contributed by atoms with Crippen LogP contribution in [0, 0.1) is 0 Å². The highest BCUT2D eigenvalue weighted by molar-refractivity contribution is 6.30. The highest BCUT2D eigenvalue weighted by atomic mass is 35.5. The summed E-state index contributed by atoms with van der Waals surface area (Å²) in [7, 11) is 3.98. The molecule has 0 bridgehead atoms. The number of hydrogen-bond acceptors (Lipinski definition) is 3. The van der Waals surface area contributed by atoms with Crippen LogP contribution in [-0.2, 0) is 6.42 Å². The highest BCUT2D eigenvalue weighted by Gasteiger charge is 2.22. The van der Waals surface area contributed by atoms with Gasteiger partial charge >= 0.3 is 0 Å². The molecule has 0 spiro atoms. The molecule has 0 aromatic heterocycles. The van der Waals surface area contributed by atoms with Crippen molar-refractivity contribution >= 4 is 23.2 Å². The van der Waals surface area contributed by atoms with Crippen LogP contribution in [0.15, 0.2) is 48.5 Å². The lowest BCUT2D eigenvalue weighted by Gasteiger charge is -2.35. The van der Waals surface area contributed by atoms with E-state index in [9.17, 15) is 4.79 Å². The second kappa shape index (κ2) is 8.56. The van der Waals surface area contributed by atoms with Crippen molar-refractivity contribution in [2.45, 2.75) is 6.42 Å². The first kappa shape index (κ1) is 18.7. The number of benzene rings is 2. The number of hydrogen-bond donors (Lipinski definition) is 0. The third-order valence-electron chi connectivity index (χ3n) is 4.90. The topological polar surface area (TPSA) is 26.8 Å². The number of carbonyl (C=O) groups excluding carboxylic acids is 1. The second-order valence-corrected chi connectivity index (χ2v) is 7.39. The SMILES string of the molecule is CN(C)c1cccc(C(=O)N2CCN(CCc3ccc(Cl)cc3)CC2)c1. The summed E-state index contributed by atoms with van der Waals surface area (Å²) in [6.07, 6.45) is 1.01. The van der Waals surface area contributed by atoms with Crippen LogP contribution < -0.4 is 4.90 Å². The Hall–Kier alpha value is -2.04. The van der Waals surface area contributed by atoms with Gasteiger partial charge in [0.25, 0.3) is 5.91 Å². The van der Waals surface area contributed by atoms with Crippen LogP contribution in [0.1, 0.15) is 15.9 Å². The van der Waals surface area contributed by atoms with E-state index in [4.69, 9.17) is 11.6 Å².